The minimum absolute atomic E-state index is 0.267. The quantitative estimate of drug-likeness (QED) is 0.576. The van der Waals surface area contributed by atoms with Crippen LogP contribution in [0.25, 0.3) is 11.0 Å². The number of nitrogens with one attached hydrogen (secondary N) is 1. The fraction of sp³-hybridized carbons (Fsp3) is 0.333. The van der Waals surface area contributed by atoms with Crippen molar-refractivity contribution < 1.29 is 23.7 Å². The molecule has 168 valence electrons. The summed E-state index contributed by atoms with van der Waals surface area (Å²) in [5, 5.41) is 3.28. The van der Waals surface area contributed by atoms with Gasteiger partial charge in [0.25, 0.3) is 0 Å². The van der Waals surface area contributed by atoms with Gasteiger partial charge in [-0.15, -0.1) is 0 Å². The van der Waals surface area contributed by atoms with Crippen molar-refractivity contribution in [3.63, 3.8) is 0 Å². The number of hydrogen-bond donors (Lipinski definition) is 1. The molecule has 8 nitrogen and oxygen atoms in total. The van der Waals surface area contributed by atoms with Gasteiger partial charge < -0.3 is 24.3 Å². The molecule has 1 unspecified atom stereocenters. The maximum absolute atomic E-state index is 13.3. The second-order valence-electron chi connectivity index (χ2n) is 7.74. The standard InChI is InChI=1S/C24H27N3O5/c1-13(2)32-23(28)19-14(3)25-24-26-16-9-7-8-10-17(16)27(24)20(19)15-11-12-18(29-4)22(31-6)21(15)30-5/h7-13,20H,1-6H3,(H,25,26). The predicted octanol–water partition coefficient (Wildman–Crippen LogP) is 4.30. The van der Waals surface area contributed by atoms with Crippen molar-refractivity contribution >= 4 is 23.0 Å². The first-order valence-electron chi connectivity index (χ1n) is 10.4. The number of imidazole rings is 1. The van der Waals surface area contributed by atoms with Crippen LogP contribution in [0, 0.1) is 0 Å². The number of allylic oxidation sites excluding steroid dienone is 1. The van der Waals surface area contributed by atoms with Crippen molar-refractivity contribution in [3.8, 4) is 17.2 Å². The zero-order chi connectivity index (χ0) is 23.0. The zero-order valence-corrected chi connectivity index (χ0v) is 19.1. The first-order valence-corrected chi connectivity index (χ1v) is 10.4. The number of methoxy groups -OCH3 is 3. The predicted molar refractivity (Wildman–Crippen MR) is 122 cm³/mol. The van der Waals surface area contributed by atoms with Crippen molar-refractivity contribution in [2.45, 2.75) is 32.9 Å². The number of benzene rings is 2. The molecule has 1 aromatic heterocycles. The lowest BCUT2D eigenvalue weighted by atomic mass is 9.93. The summed E-state index contributed by atoms with van der Waals surface area (Å²) in [6.07, 6.45) is -0.267. The molecule has 0 saturated heterocycles. The summed E-state index contributed by atoms with van der Waals surface area (Å²) in [7, 11) is 4.69. The molecule has 0 fully saturated rings. The van der Waals surface area contributed by atoms with E-state index in [0.29, 0.717) is 34.5 Å². The van der Waals surface area contributed by atoms with Gasteiger partial charge >= 0.3 is 5.97 Å². The summed E-state index contributed by atoms with van der Waals surface area (Å²) in [4.78, 5) is 18.0. The van der Waals surface area contributed by atoms with E-state index in [2.05, 4.69) is 5.32 Å². The SMILES string of the molecule is COc1ccc(C2C(C(=O)OC(C)C)=C(C)Nc3nc4ccccc4n32)c(OC)c1OC. The molecule has 0 amide bonds. The number of rotatable bonds is 6. The summed E-state index contributed by atoms with van der Waals surface area (Å²) in [5.74, 6) is 1.68. The molecule has 2 aromatic carbocycles. The van der Waals surface area contributed by atoms with Gasteiger partial charge in [0.1, 0.15) is 0 Å². The number of aromatic nitrogens is 2. The van der Waals surface area contributed by atoms with Crippen molar-refractivity contribution in [3.05, 3.63) is 53.2 Å². The van der Waals surface area contributed by atoms with Crippen molar-refractivity contribution in [1.82, 2.24) is 9.55 Å². The summed E-state index contributed by atoms with van der Waals surface area (Å²) in [6.45, 7) is 5.50. The third kappa shape index (κ3) is 3.41. The van der Waals surface area contributed by atoms with Crippen LogP contribution in [0.5, 0.6) is 17.2 Å². The van der Waals surface area contributed by atoms with Gasteiger partial charge in [-0.3, -0.25) is 4.57 Å². The molecule has 1 N–H and O–H groups in total. The Kier molecular flexibility index (Phi) is 5.69. The Morgan fingerprint density at radius 2 is 1.75 bits per heavy atom. The molecular weight excluding hydrogens is 410 g/mol. The maximum atomic E-state index is 13.3. The van der Waals surface area contributed by atoms with E-state index in [9.17, 15) is 4.79 Å². The highest BCUT2D eigenvalue weighted by Crippen LogP contribution is 2.48. The van der Waals surface area contributed by atoms with Gasteiger partial charge in [0, 0.05) is 11.3 Å². The fourth-order valence-electron chi connectivity index (χ4n) is 4.14. The van der Waals surface area contributed by atoms with Gasteiger partial charge in [-0.25, -0.2) is 9.78 Å². The third-order valence-electron chi connectivity index (χ3n) is 5.42. The maximum Gasteiger partial charge on any atom is 0.338 e. The average Bonchev–Trinajstić information content (AvgIpc) is 3.14. The molecule has 0 aliphatic carbocycles. The van der Waals surface area contributed by atoms with E-state index in [1.807, 2.05) is 55.7 Å². The Bertz CT molecular complexity index is 1210. The molecular formula is C24H27N3O5. The van der Waals surface area contributed by atoms with E-state index in [4.69, 9.17) is 23.9 Å². The van der Waals surface area contributed by atoms with Gasteiger partial charge in [0.2, 0.25) is 11.7 Å². The van der Waals surface area contributed by atoms with Crippen molar-refractivity contribution in [2.24, 2.45) is 0 Å². The van der Waals surface area contributed by atoms with Crippen LogP contribution in [-0.4, -0.2) is 43.0 Å². The molecule has 2 heterocycles. The number of ether oxygens (including phenoxy) is 4. The number of nitrogens with zero attached hydrogens (tertiary/aromatic N) is 2. The van der Waals surface area contributed by atoms with Crippen molar-refractivity contribution in [1.29, 1.82) is 0 Å². The lowest BCUT2D eigenvalue weighted by molar-refractivity contribution is -0.143. The molecule has 1 atom stereocenters. The number of carbonyl (C=O) groups excluding carboxylic acids is 1. The molecule has 1 aliphatic rings. The van der Waals surface area contributed by atoms with Crippen LogP contribution in [0.2, 0.25) is 0 Å². The number of esters is 1. The largest absolute Gasteiger partial charge is 0.493 e. The first-order chi connectivity index (χ1) is 15.4. The zero-order valence-electron chi connectivity index (χ0n) is 19.1. The fourth-order valence-corrected chi connectivity index (χ4v) is 4.14. The molecule has 4 rings (SSSR count). The molecule has 0 saturated carbocycles. The van der Waals surface area contributed by atoms with E-state index in [1.165, 1.54) is 0 Å². The highest BCUT2D eigenvalue weighted by Gasteiger charge is 2.38. The summed E-state index contributed by atoms with van der Waals surface area (Å²) in [5.41, 5.74) is 3.55. The highest BCUT2D eigenvalue weighted by molar-refractivity contribution is 5.94. The number of carbonyl (C=O) groups is 1. The molecule has 32 heavy (non-hydrogen) atoms. The van der Waals surface area contributed by atoms with Crippen LogP contribution in [0.4, 0.5) is 5.95 Å². The van der Waals surface area contributed by atoms with E-state index < -0.39 is 12.0 Å². The van der Waals surface area contributed by atoms with Crippen molar-refractivity contribution in [2.75, 3.05) is 26.6 Å². The topological polar surface area (TPSA) is 83.8 Å². The smallest absolute Gasteiger partial charge is 0.338 e. The molecule has 0 bridgehead atoms. The summed E-state index contributed by atoms with van der Waals surface area (Å²) >= 11 is 0. The van der Waals surface area contributed by atoms with E-state index in [1.54, 1.807) is 27.4 Å². The van der Waals surface area contributed by atoms with E-state index >= 15 is 0 Å². The van der Waals surface area contributed by atoms with Crippen LogP contribution in [0.3, 0.4) is 0 Å². The van der Waals surface area contributed by atoms with Crippen LogP contribution in [0.1, 0.15) is 32.4 Å². The number of para-hydroxylation sites is 2. The Hall–Kier alpha value is -3.68. The third-order valence-corrected chi connectivity index (χ3v) is 5.42. The van der Waals surface area contributed by atoms with E-state index in [-0.39, 0.29) is 6.10 Å². The van der Waals surface area contributed by atoms with Gasteiger partial charge in [0.05, 0.1) is 50.1 Å². The molecule has 1 aliphatic heterocycles. The minimum atomic E-state index is -0.556. The number of anilines is 1. The minimum Gasteiger partial charge on any atom is -0.493 e. The lowest BCUT2D eigenvalue weighted by Crippen LogP contribution is -2.30. The first kappa shape index (κ1) is 21.5. The number of fused-ring (bicyclic) bond motifs is 3. The normalized spacial score (nSPS) is 15.4. The van der Waals surface area contributed by atoms with Gasteiger partial charge in [0.15, 0.2) is 11.5 Å². The van der Waals surface area contributed by atoms with E-state index in [0.717, 1.165) is 16.6 Å². The van der Waals surface area contributed by atoms with Gasteiger partial charge in [-0.2, -0.15) is 0 Å². The Morgan fingerprint density at radius 1 is 1.03 bits per heavy atom. The van der Waals surface area contributed by atoms with Gasteiger partial charge in [-0.1, -0.05) is 12.1 Å². The van der Waals surface area contributed by atoms with Crippen LogP contribution < -0.4 is 19.5 Å². The second kappa shape index (κ2) is 8.45. The van der Waals surface area contributed by atoms with Gasteiger partial charge in [-0.05, 0) is 45.0 Å². The Balaban J connectivity index is 2.04. The summed E-state index contributed by atoms with van der Waals surface area (Å²) in [6, 6.07) is 10.9. The summed E-state index contributed by atoms with van der Waals surface area (Å²) < 4.78 is 24.5. The monoisotopic (exact) mass is 437 g/mol. The molecule has 3 aromatic rings. The Labute approximate surface area is 186 Å². The van der Waals surface area contributed by atoms with Crippen LogP contribution in [-0.2, 0) is 9.53 Å². The molecule has 0 radical (unpaired) electrons. The van der Waals surface area contributed by atoms with Crippen LogP contribution in [0.15, 0.2) is 47.7 Å². The lowest BCUT2D eigenvalue weighted by Gasteiger charge is -2.31. The number of hydrogen-bond acceptors (Lipinski definition) is 7. The highest BCUT2D eigenvalue weighted by atomic mass is 16.5. The average molecular weight is 437 g/mol. The molecule has 0 spiro atoms. The van der Waals surface area contributed by atoms with Crippen LogP contribution >= 0.6 is 0 Å². The molecule has 8 heteroatoms. The Morgan fingerprint density at radius 3 is 2.41 bits per heavy atom. The second-order valence-corrected chi connectivity index (χ2v) is 7.74.